The quantitative estimate of drug-likeness (QED) is 0.397. The summed E-state index contributed by atoms with van der Waals surface area (Å²) in [6.07, 6.45) is 5.65. The highest BCUT2D eigenvalue weighted by molar-refractivity contribution is 7.09. The van der Waals surface area contributed by atoms with Crippen LogP contribution in [0.1, 0.15) is 37.5 Å². The van der Waals surface area contributed by atoms with Crippen LogP contribution in [0.25, 0.3) is 0 Å². The summed E-state index contributed by atoms with van der Waals surface area (Å²) >= 11 is 1.82. The molecule has 0 N–H and O–H groups in total. The highest BCUT2D eigenvalue weighted by atomic mass is 32.1. The number of carbonyl (C=O) groups excluding carboxylic acids is 1. The van der Waals surface area contributed by atoms with E-state index in [9.17, 15) is 4.79 Å². The summed E-state index contributed by atoms with van der Waals surface area (Å²) in [6.45, 7) is 5.73. The van der Waals surface area contributed by atoms with Crippen LogP contribution in [0.3, 0.4) is 0 Å². The van der Waals surface area contributed by atoms with Crippen LogP contribution in [0, 0.1) is 0 Å². The van der Waals surface area contributed by atoms with Crippen molar-refractivity contribution in [1.82, 2.24) is 0 Å². The van der Waals surface area contributed by atoms with Gasteiger partial charge in [0.25, 0.3) is 0 Å². The van der Waals surface area contributed by atoms with Crippen molar-refractivity contribution < 1.29 is 9.53 Å². The molecule has 0 saturated heterocycles. The average Bonchev–Trinajstić information content (AvgIpc) is 2.80. The maximum absolute atomic E-state index is 11.1. The first-order valence-corrected chi connectivity index (χ1v) is 6.93. The summed E-state index contributed by atoms with van der Waals surface area (Å²) in [5.74, 6) is -0.274. The Hall–Kier alpha value is -1.09. The van der Waals surface area contributed by atoms with E-state index in [0.717, 1.165) is 12.8 Å². The lowest BCUT2D eigenvalue weighted by atomic mass is 10.1. The van der Waals surface area contributed by atoms with E-state index in [1.165, 1.54) is 24.1 Å². The van der Waals surface area contributed by atoms with Crippen molar-refractivity contribution in [2.75, 3.05) is 6.61 Å². The maximum Gasteiger partial charge on any atom is 0.333 e. The summed E-state index contributed by atoms with van der Waals surface area (Å²) in [4.78, 5) is 12.5. The van der Waals surface area contributed by atoms with Gasteiger partial charge < -0.3 is 4.74 Å². The van der Waals surface area contributed by atoms with Crippen LogP contribution in [0.2, 0.25) is 0 Å². The van der Waals surface area contributed by atoms with Gasteiger partial charge in [-0.1, -0.05) is 25.5 Å². The highest BCUT2D eigenvalue weighted by Gasteiger charge is 2.01. The first-order chi connectivity index (χ1) is 8.20. The van der Waals surface area contributed by atoms with Crippen LogP contribution in [0.5, 0.6) is 0 Å². The Kier molecular flexibility index (Phi) is 6.63. The van der Waals surface area contributed by atoms with Crippen LogP contribution >= 0.6 is 11.3 Å². The Labute approximate surface area is 107 Å². The third kappa shape index (κ3) is 6.27. The molecule has 94 valence electrons. The number of esters is 1. The molecule has 0 bridgehead atoms. The SMILES string of the molecule is C=C(C)C(=O)OCCCCCCc1cccs1. The molecule has 17 heavy (non-hydrogen) atoms. The van der Waals surface area contributed by atoms with Gasteiger partial charge in [-0.25, -0.2) is 4.79 Å². The summed E-state index contributed by atoms with van der Waals surface area (Å²) in [5, 5.41) is 2.12. The zero-order valence-corrected chi connectivity index (χ0v) is 11.2. The van der Waals surface area contributed by atoms with Gasteiger partial charge in [0.15, 0.2) is 0 Å². The van der Waals surface area contributed by atoms with E-state index in [1.54, 1.807) is 6.92 Å². The number of hydrogen-bond acceptors (Lipinski definition) is 3. The van der Waals surface area contributed by atoms with Crippen LogP contribution in [-0.4, -0.2) is 12.6 Å². The first-order valence-electron chi connectivity index (χ1n) is 6.05. The second kappa shape index (κ2) is 8.07. The number of unbranched alkanes of at least 4 members (excludes halogenated alkanes) is 3. The van der Waals surface area contributed by atoms with E-state index < -0.39 is 0 Å². The summed E-state index contributed by atoms with van der Waals surface area (Å²) in [6, 6.07) is 4.27. The smallest absolute Gasteiger partial charge is 0.333 e. The topological polar surface area (TPSA) is 26.3 Å². The van der Waals surface area contributed by atoms with Gasteiger partial charge in [-0.3, -0.25) is 0 Å². The minimum absolute atomic E-state index is 0.274. The lowest BCUT2D eigenvalue weighted by Gasteiger charge is -2.03. The molecule has 1 heterocycles. The zero-order chi connectivity index (χ0) is 12.5. The number of aryl methyl sites for hydroxylation is 1. The van der Waals surface area contributed by atoms with E-state index in [0.29, 0.717) is 12.2 Å². The fourth-order valence-electron chi connectivity index (χ4n) is 1.50. The van der Waals surface area contributed by atoms with E-state index in [2.05, 4.69) is 24.1 Å². The van der Waals surface area contributed by atoms with E-state index in [1.807, 2.05) is 11.3 Å². The minimum atomic E-state index is -0.274. The number of ether oxygens (including phenoxy) is 1. The van der Waals surface area contributed by atoms with Crippen molar-refractivity contribution in [3.63, 3.8) is 0 Å². The molecular weight excluding hydrogens is 232 g/mol. The predicted octanol–water partition coefficient (Wildman–Crippen LogP) is 3.97. The van der Waals surface area contributed by atoms with Gasteiger partial charge in [0, 0.05) is 10.5 Å². The van der Waals surface area contributed by atoms with Crippen molar-refractivity contribution in [2.45, 2.75) is 39.0 Å². The van der Waals surface area contributed by atoms with Crippen LogP contribution in [0.15, 0.2) is 29.7 Å². The lowest BCUT2D eigenvalue weighted by Crippen LogP contribution is -2.06. The number of carbonyl (C=O) groups is 1. The summed E-state index contributed by atoms with van der Waals surface area (Å²) in [5.41, 5.74) is 0.475. The fraction of sp³-hybridized carbons (Fsp3) is 0.500. The molecule has 1 rings (SSSR count). The molecule has 0 aliphatic heterocycles. The molecule has 0 fully saturated rings. The Balaban J connectivity index is 1.91. The van der Waals surface area contributed by atoms with Gasteiger partial charge in [0.1, 0.15) is 0 Å². The minimum Gasteiger partial charge on any atom is -0.462 e. The van der Waals surface area contributed by atoms with Crippen LogP contribution < -0.4 is 0 Å². The molecule has 1 aromatic rings. The summed E-state index contributed by atoms with van der Waals surface area (Å²) in [7, 11) is 0. The molecule has 0 aliphatic carbocycles. The maximum atomic E-state index is 11.1. The molecular formula is C14H20O2S. The summed E-state index contributed by atoms with van der Waals surface area (Å²) < 4.78 is 5.02. The van der Waals surface area contributed by atoms with Crippen molar-refractivity contribution in [1.29, 1.82) is 0 Å². The largest absolute Gasteiger partial charge is 0.462 e. The van der Waals surface area contributed by atoms with Crippen molar-refractivity contribution in [3.05, 3.63) is 34.5 Å². The van der Waals surface area contributed by atoms with Crippen LogP contribution in [-0.2, 0) is 16.0 Å². The average molecular weight is 252 g/mol. The third-order valence-corrected chi connectivity index (χ3v) is 3.42. The van der Waals surface area contributed by atoms with Gasteiger partial charge in [-0.15, -0.1) is 11.3 Å². The Morgan fingerprint density at radius 2 is 2.12 bits per heavy atom. The second-order valence-corrected chi connectivity index (χ2v) is 5.19. The zero-order valence-electron chi connectivity index (χ0n) is 10.4. The molecule has 0 saturated carbocycles. The molecule has 0 unspecified atom stereocenters. The van der Waals surface area contributed by atoms with Gasteiger partial charge in [-0.05, 0) is 37.6 Å². The molecule has 0 aliphatic rings. The molecule has 0 radical (unpaired) electrons. The van der Waals surface area contributed by atoms with E-state index in [-0.39, 0.29) is 5.97 Å². The number of hydrogen-bond donors (Lipinski definition) is 0. The van der Waals surface area contributed by atoms with Gasteiger partial charge in [0.2, 0.25) is 0 Å². The highest BCUT2D eigenvalue weighted by Crippen LogP contribution is 2.13. The second-order valence-electron chi connectivity index (χ2n) is 4.16. The van der Waals surface area contributed by atoms with Gasteiger partial charge >= 0.3 is 5.97 Å². The lowest BCUT2D eigenvalue weighted by molar-refractivity contribution is -0.139. The van der Waals surface area contributed by atoms with Crippen LogP contribution in [0.4, 0.5) is 0 Å². The Bertz CT molecular complexity index is 341. The van der Waals surface area contributed by atoms with Gasteiger partial charge in [-0.2, -0.15) is 0 Å². The number of rotatable bonds is 8. The van der Waals surface area contributed by atoms with Crippen molar-refractivity contribution in [2.24, 2.45) is 0 Å². The molecule has 1 aromatic heterocycles. The molecule has 3 heteroatoms. The molecule has 0 aromatic carbocycles. The molecule has 0 atom stereocenters. The monoisotopic (exact) mass is 252 g/mol. The van der Waals surface area contributed by atoms with Gasteiger partial charge in [0.05, 0.1) is 6.61 Å². The Morgan fingerprint density at radius 3 is 2.76 bits per heavy atom. The van der Waals surface area contributed by atoms with Crippen molar-refractivity contribution in [3.8, 4) is 0 Å². The molecule has 2 nitrogen and oxygen atoms in total. The predicted molar refractivity (Wildman–Crippen MR) is 72.3 cm³/mol. The molecule has 0 spiro atoms. The van der Waals surface area contributed by atoms with E-state index in [4.69, 9.17) is 4.74 Å². The normalized spacial score (nSPS) is 10.2. The number of thiophene rings is 1. The standard InChI is InChI=1S/C14H20O2S/c1-12(2)14(15)16-10-6-4-3-5-8-13-9-7-11-17-13/h7,9,11H,1,3-6,8,10H2,2H3. The van der Waals surface area contributed by atoms with E-state index >= 15 is 0 Å². The third-order valence-electron chi connectivity index (χ3n) is 2.48. The fourth-order valence-corrected chi connectivity index (χ4v) is 2.25. The first kappa shape index (κ1) is 14.0. The van der Waals surface area contributed by atoms with Crippen molar-refractivity contribution >= 4 is 17.3 Å². The Morgan fingerprint density at radius 1 is 1.35 bits per heavy atom. The molecule has 0 amide bonds.